The summed E-state index contributed by atoms with van der Waals surface area (Å²) in [5.74, 6) is 0.216. The van der Waals surface area contributed by atoms with Crippen molar-refractivity contribution >= 4 is 35.1 Å². The predicted molar refractivity (Wildman–Crippen MR) is 103 cm³/mol. The Bertz CT molecular complexity index is 797. The van der Waals surface area contributed by atoms with Gasteiger partial charge in [-0.15, -0.1) is 0 Å². The fraction of sp³-hybridized carbons (Fsp3) is 0.263. The van der Waals surface area contributed by atoms with E-state index in [9.17, 15) is 9.59 Å². The monoisotopic (exact) mass is 411 g/mol. The van der Waals surface area contributed by atoms with Crippen LogP contribution >= 0.6 is 23.2 Å². The van der Waals surface area contributed by atoms with E-state index < -0.39 is 11.9 Å². The van der Waals surface area contributed by atoms with Crippen LogP contribution in [0.4, 0.5) is 0 Å². The molecule has 0 aliphatic carbocycles. The van der Waals surface area contributed by atoms with Crippen molar-refractivity contribution in [3.8, 4) is 11.5 Å². The first-order valence-corrected chi connectivity index (χ1v) is 8.87. The molecule has 8 heteroatoms. The Balaban J connectivity index is 1.66. The fourth-order valence-corrected chi connectivity index (χ4v) is 2.63. The smallest absolute Gasteiger partial charge is 0.310 e. The number of hydrogen-bond donors (Lipinski definition) is 1. The molecule has 144 valence electrons. The van der Waals surface area contributed by atoms with Crippen molar-refractivity contribution in [2.75, 3.05) is 26.9 Å². The standard InChI is InChI=1S/C19H19Cl2NO5/c1-25-16-4-2-3-5-17(16)26-9-8-22-18(23)12-27-19(24)10-13-6-7-14(20)11-15(13)21/h2-7,11H,8-10,12H2,1H3,(H,22,23). The Morgan fingerprint density at radius 1 is 1.07 bits per heavy atom. The first-order valence-electron chi connectivity index (χ1n) is 8.11. The van der Waals surface area contributed by atoms with Crippen LogP contribution in [-0.4, -0.2) is 38.7 Å². The molecule has 0 spiro atoms. The molecule has 27 heavy (non-hydrogen) atoms. The molecular formula is C19H19Cl2NO5. The molecule has 2 rings (SSSR count). The lowest BCUT2D eigenvalue weighted by Gasteiger charge is -2.11. The molecule has 0 aliphatic heterocycles. The number of nitrogens with one attached hydrogen (secondary N) is 1. The second-order valence-corrected chi connectivity index (χ2v) is 6.27. The topological polar surface area (TPSA) is 73.9 Å². The van der Waals surface area contributed by atoms with Gasteiger partial charge in [0, 0.05) is 10.0 Å². The van der Waals surface area contributed by atoms with Gasteiger partial charge in [-0.05, 0) is 29.8 Å². The summed E-state index contributed by atoms with van der Waals surface area (Å²) in [7, 11) is 1.55. The zero-order valence-electron chi connectivity index (χ0n) is 14.7. The van der Waals surface area contributed by atoms with Gasteiger partial charge in [-0.2, -0.15) is 0 Å². The van der Waals surface area contributed by atoms with Crippen molar-refractivity contribution in [3.63, 3.8) is 0 Å². The maximum absolute atomic E-state index is 11.8. The minimum absolute atomic E-state index is 0.0415. The first-order chi connectivity index (χ1) is 13.0. The van der Waals surface area contributed by atoms with Crippen LogP contribution in [0.2, 0.25) is 10.0 Å². The van der Waals surface area contributed by atoms with Crippen LogP contribution < -0.4 is 14.8 Å². The first kappa shape index (κ1) is 20.9. The Kier molecular flexibility index (Phi) is 8.23. The summed E-state index contributed by atoms with van der Waals surface area (Å²) >= 11 is 11.8. The maximum atomic E-state index is 11.8. The molecule has 0 saturated carbocycles. The van der Waals surface area contributed by atoms with Crippen molar-refractivity contribution in [1.29, 1.82) is 0 Å². The van der Waals surface area contributed by atoms with Crippen molar-refractivity contribution in [2.45, 2.75) is 6.42 Å². The lowest BCUT2D eigenvalue weighted by Crippen LogP contribution is -2.32. The third-order valence-corrected chi connectivity index (χ3v) is 4.05. The van der Waals surface area contributed by atoms with Crippen LogP contribution in [0, 0.1) is 0 Å². The normalized spacial score (nSPS) is 10.2. The van der Waals surface area contributed by atoms with Crippen LogP contribution in [0.25, 0.3) is 0 Å². The number of amides is 1. The summed E-state index contributed by atoms with van der Waals surface area (Å²) < 4.78 is 15.6. The van der Waals surface area contributed by atoms with Gasteiger partial charge in [0.2, 0.25) is 0 Å². The zero-order valence-corrected chi connectivity index (χ0v) is 16.2. The highest BCUT2D eigenvalue weighted by atomic mass is 35.5. The Morgan fingerprint density at radius 2 is 1.81 bits per heavy atom. The van der Waals surface area contributed by atoms with Gasteiger partial charge in [-0.25, -0.2) is 0 Å². The molecule has 0 unspecified atom stereocenters. The molecule has 0 radical (unpaired) electrons. The van der Waals surface area contributed by atoms with Gasteiger partial charge < -0.3 is 19.5 Å². The minimum atomic E-state index is -0.556. The molecule has 1 N–H and O–H groups in total. The summed E-state index contributed by atoms with van der Waals surface area (Å²) in [5, 5.41) is 3.45. The third-order valence-electron chi connectivity index (χ3n) is 3.47. The van der Waals surface area contributed by atoms with E-state index in [1.807, 2.05) is 12.1 Å². The lowest BCUT2D eigenvalue weighted by molar-refractivity contribution is -0.147. The van der Waals surface area contributed by atoms with Crippen LogP contribution in [0.3, 0.4) is 0 Å². The average molecular weight is 412 g/mol. The number of carbonyl (C=O) groups excluding carboxylic acids is 2. The average Bonchev–Trinajstić information content (AvgIpc) is 2.66. The number of halogens is 2. The highest BCUT2D eigenvalue weighted by Gasteiger charge is 2.11. The number of hydrogen-bond acceptors (Lipinski definition) is 5. The van der Waals surface area contributed by atoms with Crippen LogP contribution in [0.15, 0.2) is 42.5 Å². The molecule has 2 aromatic carbocycles. The molecule has 0 fully saturated rings. The molecular weight excluding hydrogens is 393 g/mol. The van der Waals surface area contributed by atoms with E-state index in [1.54, 1.807) is 37.4 Å². The van der Waals surface area contributed by atoms with Crippen LogP contribution in [0.5, 0.6) is 11.5 Å². The highest BCUT2D eigenvalue weighted by molar-refractivity contribution is 6.35. The van der Waals surface area contributed by atoms with E-state index in [-0.39, 0.29) is 26.2 Å². The van der Waals surface area contributed by atoms with Gasteiger partial charge in [0.25, 0.3) is 5.91 Å². The summed E-state index contributed by atoms with van der Waals surface area (Å²) in [6.07, 6.45) is -0.0415. The van der Waals surface area contributed by atoms with E-state index in [1.165, 1.54) is 0 Å². The summed E-state index contributed by atoms with van der Waals surface area (Å²) in [4.78, 5) is 23.5. The van der Waals surface area contributed by atoms with E-state index in [4.69, 9.17) is 37.4 Å². The summed E-state index contributed by atoms with van der Waals surface area (Å²) in [5.41, 5.74) is 0.580. The van der Waals surface area contributed by atoms with Crippen molar-refractivity contribution < 1.29 is 23.8 Å². The zero-order chi connectivity index (χ0) is 19.6. The number of ether oxygens (including phenoxy) is 3. The van der Waals surface area contributed by atoms with Crippen LogP contribution in [0.1, 0.15) is 5.56 Å². The second kappa shape index (κ2) is 10.6. The van der Waals surface area contributed by atoms with Crippen molar-refractivity contribution in [2.24, 2.45) is 0 Å². The number of esters is 1. The largest absolute Gasteiger partial charge is 0.493 e. The predicted octanol–water partition coefficient (Wildman–Crippen LogP) is 3.28. The molecule has 0 atom stereocenters. The fourth-order valence-electron chi connectivity index (χ4n) is 2.16. The van der Waals surface area contributed by atoms with Gasteiger partial charge in [0.05, 0.1) is 20.1 Å². The van der Waals surface area contributed by atoms with Gasteiger partial charge in [0.15, 0.2) is 18.1 Å². The van der Waals surface area contributed by atoms with Gasteiger partial charge in [-0.3, -0.25) is 9.59 Å². The molecule has 6 nitrogen and oxygen atoms in total. The van der Waals surface area contributed by atoms with Gasteiger partial charge in [-0.1, -0.05) is 41.4 Å². The van der Waals surface area contributed by atoms with Crippen molar-refractivity contribution in [3.05, 3.63) is 58.1 Å². The molecule has 0 aromatic heterocycles. The van der Waals surface area contributed by atoms with E-state index >= 15 is 0 Å². The number of methoxy groups -OCH3 is 1. The number of rotatable bonds is 9. The maximum Gasteiger partial charge on any atom is 0.310 e. The Labute approximate surface area is 167 Å². The van der Waals surface area contributed by atoms with Crippen LogP contribution in [-0.2, 0) is 20.7 Å². The molecule has 2 aromatic rings. The van der Waals surface area contributed by atoms with E-state index in [0.29, 0.717) is 27.1 Å². The molecule has 0 aliphatic rings. The number of benzene rings is 2. The minimum Gasteiger partial charge on any atom is -0.493 e. The molecule has 1 amide bonds. The second-order valence-electron chi connectivity index (χ2n) is 5.42. The Hall–Kier alpha value is -2.44. The quantitative estimate of drug-likeness (QED) is 0.506. The van der Waals surface area contributed by atoms with E-state index in [0.717, 1.165) is 0 Å². The third kappa shape index (κ3) is 7.00. The highest BCUT2D eigenvalue weighted by Crippen LogP contribution is 2.25. The number of para-hydroxylation sites is 2. The van der Waals surface area contributed by atoms with E-state index in [2.05, 4.69) is 5.32 Å². The summed E-state index contributed by atoms with van der Waals surface area (Å²) in [6.45, 7) is 0.136. The van der Waals surface area contributed by atoms with Gasteiger partial charge >= 0.3 is 5.97 Å². The summed E-state index contributed by atoms with van der Waals surface area (Å²) in [6, 6.07) is 12.0. The molecule has 0 saturated heterocycles. The van der Waals surface area contributed by atoms with Crippen molar-refractivity contribution in [1.82, 2.24) is 5.32 Å². The lowest BCUT2D eigenvalue weighted by atomic mass is 10.1. The number of carbonyl (C=O) groups is 2. The molecule has 0 bridgehead atoms. The SMILES string of the molecule is COc1ccccc1OCCNC(=O)COC(=O)Cc1ccc(Cl)cc1Cl. The Morgan fingerprint density at radius 3 is 2.52 bits per heavy atom. The van der Waals surface area contributed by atoms with Gasteiger partial charge in [0.1, 0.15) is 6.61 Å². The molecule has 0 heterocycles.